The second-order valence-corrected chi connectivity index (χ2v) is 2.74. The lowest BCUT2D eigenvalue weighted by Gasteiger charge is -2.19. The molecule has 0 spiro atoms. The third kappa shape index (κ3) is 1.88. The average Bonchev–Trinajstić information content (AvgIpc) is 2.63. The minimum atomic E-state index is -0.701. The molecule has 1 saturated heterocycles. The normalized spacial score (nSPS) is 21.2. The van der Waals surface area contributed by atoms with E-state index in [9.17, 15) is 14.4 Å². The third-order valence-electron chi connectivity index (χ3n) is 2.02. The quantitative estimate of drug-likeness (QED) is 0.305. The van der Waals surface area contributed by atoms with Crippen LogP contribution in [0.15, 0.2) is 0 Å². The zero-order valence-electron chi connectivity index (χ0n) is 6.93. The first-order valence-corrected chi connectivity index (χ1v) is 3.87. The van der Waals surface area contributed by atoms with Gasteiger partial charge < -0.3 is 9.55 Å². The molecule has 0 aromatic heterocycles. The lowest BCUT2D eigenvalue weighted by Crippen LogP contribution is -2.41. The van der Waals surface area contributed by atoms with Gasteiger partial charge in [0.05, 0.1) is 0 Å². The highest BCUT2D eigenvalue weighted by atomic mass is 16.5. The Hall–Kier alpha value is -1.33. The number of hydrogen-bond acceptors (Lipinski definition) is 4. The summed E-state index contributed by atoms with van der Waals surface area (Å²) in [4.78, 5) is 33.3. The van der Waals surface area contributed by atoms with Crippen LogP contribution in [0.5, 0.6) is 0 Å². The first kappa shape index (κ1) is 9.76. The molecule has 68 valence electrons. The van der Waals surface area contributed by atoms with E-state index in [1.165, 1.54) is 4.90 Å². The third-order valence-corrected chi connectivity index (χ3v) is 2.02. The van der Waals surface area contributed by atoms with Crippen LogP contribution in [0.1, 0.15) is 12.8 Å². The number of carbonyl (C=O) groups is 3. The molecule has 1 aliphatic heterocycles. The van der Waals surface area contributed by atoms with Crippen molar-refractivity contribution in [2.24, 2.45) is 0 Å². The molecule has 1 heterocycles. The van der Waals surface area contributed by atoms with Crippen LogP contribution in [0.3, 0.4) is 0 Å². The Morgan fingerprint density at radius 2 is 2.23 bits per heavy atom. The molecule has 1 unspecified atom stereocenters. The molecule has 13 heavy (non-hydrogen) atoms. The number of hydrogen-bond donors (Lipinski definition) is 0. The fourth-order valence-corrected chi connectivity index (χ4v) is 1.42. The minimum absolute atomic E-state index is 0.183. The topological polar surface area (TPSA) is 63.7 Å². The van der Waals surface area contributed by atoms with Gasteiger partial charge in [-0.2, -0.15) is 0 Å². The van der Waals surface area contributed by atoms with Gasteiger partial charge in [0.1, 0.15) is 6.04 Å². The molecule has 0 aliphatic carbocycles. The van der Waals surface area contributed by atoms with E-state index >= 15 is 0 Å². The van der Waals surface area contributed by atoms with E-state index in [1.807, 2.05) is 0 Å². The molecular weight excluding hydrogens is 173 g/mol. The SMILES string of the molecule is [B]OC(=O)C1CCCN1C(=O)C=O. The standard InChI is InChI=1S/C7H8BNO4/c8-13-7(12)5-2-1-3-9(5)6(11)4-10/h4-5H,1-3H2. The molecule has 0 aromatic carbocycles. The second-order valence-electron chi connectivity index (χ2n) is 2.74. The van der Waals surface area contributed by atoms with Crippen LogP contribution < -0.4 is 0 Å². The summed E-state index contributed by atoms with van der Waals surface area (Å²) in [6.45, 7) is 0.400. The molecule has 6 heteroatoms. The van der Waals surface area contributed by atoms with Gasteiger partial charge >= 0.3 is 14.0 Å². The highest BCUT2D eigenvalue weighted by Gasteiger charge is 2.33. The summed E-state index contributed by atoms with van der Waals surface area (Å²) in [5.41, 5.74) is 0. The number of carbonyl (C=O) groups excluding carboxylic acids is 3. The molecular formula is C7H8BNO4. The first-order valence-electron chi connectivity index (χ1n) is 3.87. The van der Waals surface area contributed by atoms with Crippen molar-refractivity contribution in [2.75, 3.05) is 6.54 Å². The van der Waals surface area contributed by atoms with Crippen LogP contribution in [0.2, 0.25) is 0 Å². The van der Waals surface area contributed by atoms with E-state index in [0.29, 0.717) is 19.4 Å². The first-order chi connectivity index (χ1) is 6.20. The monoisotopic (exact) mass is 181 g/mol. The molecule has 1 fully saturated rings. The lowest BCUT2D eigenvalue weighted by molar-refractivity contribution is -0.147. The Morgan fingerprint density at radius 3 is 2.77 bits per heavy atom. The van der Waals surface area contributed by atoms with Crippen LogP contribution in [0.4, 0.5) is 0 Å². The molecule has 0 N–H and O–H groups in total. The maximum absolute atomic E-state index is 11.0. The second kappa shape index (κ2) is 4.07. The summed E-state index contributed by atoms with van der Waals surface area (Å²) < 4.78 is 4.01. The van der Waals surface area contributed by atoms with Crippen LogP contribution in [0, 0.1) is 0 Å². The van der Waals surface area contributed by atoms with Crippen LogP contribution in [-0.4, -0.2) is 43.7 Å². The maximum Gasteiger partial charge on any atom is 0.378 e. The molecule has 1 rings (SSSR count). The van der Waals surface area contributed by atoms with E-state index in [-0.39, 0.29) is 6.29 Å². The van der Waals surface area contributed by atoms with Crippen molar-refractivity contribution >= 4 is 26.2 Å². The van der Waals surface area contributed by atoms with E-state index < -0.39 is 17.9 Å². The predicted octanol–water partition coefficient (Wildman–Crippen LogP) is -1.20. The number of nitrogens with zero attached hydrogens (tertiary/aromatic N) is 1. The molecule has 2 radical (unpaired) electrons. The summed E-state index contributed by atoms with van der Waals surface area (Å²) in [6.07, 6.45) is 1.36. The van der Waals surface area contributed by atoms with Crippen LogP contribution >= 0.6 is 0 Å². The number of rotatable bonds is 2. The van der Waals surface area contributed by atoms with Gasteiger partial charge in [-0.15, -0.1) is 0 Å². The summed E-state index contributed by atoms with van der Waals surface area (Å²) in [5, 5.41) is 0. The zero-order valence-corrected chi connectivity index (χ0v) is 6.93. The number of aldehydes is 1. The van der Waals surface area contributed by atoms with Gasteiger partial charge in [0.2, 0.25) is 6.29 Å². The Balaban J connectivity index is 2.68. The molecule has 1 atom stereocenters. The summed E-state index contributed by atoms with van der Waals surface area (Å²) >= 11 is 0. The van der Waals surface area contributed by atoms with E-state index in [4.69, 9.17) is 0 Å². The molecule has 1 amide bonds. The largest absolute Gasteiger partial charge is 0.542 e. The minimum Gasteiger partial charge on any atom is -0.542 e. The van der Waals surface area contributed by atoms with Gasteiger partial charge in [-0.25, -0.2) is 0 Å². The zero-order chi connectivity index (χ0) is 9.84. The molecule has 0 saturated carbocycles. The van der Waals surface area contributed by atoms with Gasteiger partial charge in [0.25, 0.3) is 5.91 Å². The molecule has 5 nitrogen and oxygen atoms in total. The Morgan fingerprint density at radius 1 is 1.54 bits per heavy atom. The van der Waals surface area contributed by atoms with Crippen molar-refractivity contribution in [3.05, 3.63) is 0 Å². The van der Waals surface area contributed by atoms with E-state index in [2.05, 4.69) is 12.7 Å². The summed E-state index contributed by atoms with van der Waals surface area (Å²) in [6, 6.07) is -0.692. The van der Waals surface area contributed by atoms with Crippen molar-refractivity contribution in [1.29, 1.82) is 0 Å². The van der Waals surface area contributed by atoms with Crippen LogP contribution in [-0.2, 0) is 19.0 Å². The Kier molecular flexibility index (Phi) is 3.05. The van der Waals surface area contributed by atoms with Gasteiger partial charge in [-0.1, -0.05) is 0 Å². The molecule has 1 aliphatic rings. The fraction of sp³-hybridized carbons (Fsp3) is 0.571. The average molecular weight is 181 g/mol. The highest BCUT2D eigenvalue weighted by molar-refractivity contribution is 6.24. The van der Waals surface area contributed by atoms with Gasteiger partial charge in [-0.05, 0) is 12.8 Å². The number of likely N-dealkylation sites (tertiary alicyclic amines) is 1. The van der Waals surface area contributed by atoms with Crippen LogP contribution in [0.25, 0.3) is 0 Å². The molecule has 0 bridgehead atoms. The summed E-state index contributed by atoms with van der Waals surface area (Å²) in [7, 11) is 4.68. The van der Waals surface area contributed by atoms with E-state index in [0.717, 1.165) is 0 Å². The Labute approximate surface area is 76.5 Å². The fourth-order valence-electron chi connectivity index (χ4n) is 1.42. The maximum atomic E-state index is 11.0. The van der Waals surface area contributed by atoms with Gasteiger partial charge in [-0.3, -0.25) is 14.4 Å². The van der Waals surface area contributed by atoms with Crippen molar-refractivity contribution in [3.8, 4) is 0 Å². The summed E-state index contributed by atoms with van der Waals surface area (Å²) in [5.74, 6) is -1.37. The van der Waals surface area contributed by atoms with Crippen molar-refractivity contribution in [3.63, 3.8) is 0 Å². The van der Waals surface area contributed by atoms with Crippen molar-refractivity contribution in [1.82, 2.24) is 4.90 Å². The van der Waals surface area contributed by atoms with E-state index in [1.54, 1.807) is 0 Å². The van der Waals surface area contributed by atoms with Gasteiger partial charge in [0, 0.05) is 6.54 Å². The Bertz CT molecular complexity index is 243. The highest BCUT2D eigenvalue weighted by Crippen LogP contribution is 2.17. The number of amides is 1. The predicted molar refractivity (Wildman–Crippen MR) is 42.6 cm³/mol. The van der Waals surface area contributed by atoms with Gasteiger partial charge in [0.15, 0.2) is 0 Å². The lowest BCUT2D eigenvalue weighted by atomic mass is 10.2. The smallest absolute Gasteiger partial charge is 0.378 e. The molecule has 0 aromatic rings. The van der Waals surface area contributed by atoms with Crippen molar-refractivity contribution in [2.45, 2.75) is 18.9 Å². The van der Waals surface area contributed by atoms with Crippen molar-refractivity contribution < 1.29 is 19.0 Å².